The van der Waals surface area contributed by atoms with Crippen LogP contribution in [0.1, 0.15) is 38.2 Å². The molecule has 2 fully saturated rings. The second-order valence-electron chi connectivity index (χ2n) is 5.77. The van der Waals surface area contributed by atoms with E-state index < -0.39 is 0 Å². The van der Waals surface area contributed by atoms with Gasteiger partial charge in [-0.25, -0.2) is 0 Å². The summed E-state index contributed by atoms with van der Waals surface area (Å²) in [5.41, 5.74) is 1.31. The summed E-state index contributed by atoms with van der Waals surface area (Å²) in [6, 6.07) is 0. The summed E-state index contributed by atoms with van der Waals surface area (Å²) < 4.78 is 1.99. The Kier molecular flexibility index (Phi) is 3.19. The van der Waals surface area contributed by atoms with Gasteiger partial charge in [0.2, 0.25) is 0 Å². The van der Waals surface area contributed by atoms with Crippen LogP contribution in [-0.4, -0.2) is 16.3 Å². The summed E-state index contributed by atoms with van der Waals surface area (Å²) in [6.45, 7) is 5.28. The molecular formula is C14H23N3. The lowest BCUT2D eigenvalue weighted by Crippen LogP contribution is -2.26. The lowest BCUT2D eigenvalue weighted by Gasteiger charge is -2.21. The van der Waals surface area contributed by atoms with Crippen LogP contribution in [0.2, 0.25) is 0 Å². The normalized spacial score (nSPS) is 31.2. The highest BCUT2D eigenvalue weighted by atomic mass is 15.3. The summed E-state index contributed by atoms with van der Waals surface area (Å²) in [5.74, 6) is 3.05. The maximum absolute atomic E-state index is 4.30. The second kappa shape index (κ2) is 4.81. The quantitative estimate of drug-likeness (QED) is 0.846. The Morgan fingerprint density at radius 3 is 3.00 bits per heavy atom. The molecule has 3 rings (SSSR count). The van der Waals surface area contributed by atoms with Crippen LogP contribution in [0.4, 0.5) is 0 Å². The standard InChI is InChI=1S/C14H23N3/c1-2-17-10-12(8-16-17)7-15-9-14-6-11-3-4-13(14)5-11/h8,10-11,13-15H,2-7,9H2,1H3. The topological polar surface area (TPSA) is 29.9 Å². The SMILES string of the molecule is CCn1cc(CNCC2CC3CCC2C3)cn1. The largest absolute Gasteiger partial charge is 0.312 e. The van der Waals surface area contributed by atoms with Gasteiger partial charge in [-0.1, -0.05) is 6.42 Å². The van der Waals surface area contributed by atoms with Crippen LogP contribution in [-0.2, 0) is 13.1 Å². The summed E-state index contributed by atoms with van der Waals surface area (Å²) >= 11 is 0. The first-order chi connectivity index (χ1) is 8.35. The van der Waals surface area contributed by atoms with Crippen molar-refractivity contribution in [2.75, 3.05) is 6.54 Å². The Hall–Kier alpha value is -0.830. The highest BCUT2D eigenvalue weighted by Gasteiger charge is 2.38. The molecule has 1 heterocycles. The van der Waals surface area contributed by atoms with Crippen molar-refractivity contribution < 1.29 is 0 Å². The Labute approximate surface area is 104 Å². The molecule has 0 aliphatic heterocycles. The number of hydrogen-bond donors (Lipinski definition) is 1. The molecule has 2 aliphatic carbocycles. The molecule has 3 unspecified atom stereocenters. The molecular weight excluding hydrogens is 210 g/mol. The molecule has 0 amide bonds. The van der Waals surface area contributed by atoms with Gasteiger partial charge >= 0.3 is 0 Å². The molecule has 2 saturated carbocycles. The van der Waals surface area contributed by atoms with E-state index in [9.17, 15) is 0 Å². The molecule has 0 saturated heterocycles. The van der Waals surface area contributed by atoms with Crippen molar-refractivity contribution in [1.82, 2.24) is 15.1 Å². The molecule has 1 N–H and O–H groups in total. The predicted molar refractivity (Wildman–Crippen MR) is 68.5 cm³/mol. The number of hydrogen-bond acceptors (Lipinski definition) is 2. The zero-order valence-corrected chi connectivity index (χ0v) is 10.7. The number of aryl methyl sites for hydroxylation is 1. The first-order valence-electron chi connectivity index (χ1n) is 7.07. The first-order valence-corrected chi connectivity index (χ1v) is 7.07. The summed E-state index contributed by atoms with van der Waals surface area (Å²) in [6.07, 6.45) is 10.1. The van der Waals surface area contributed by atoms with Gasteiger partial charge < -0.3 is 5.32 Å². The van der Waals surface area contributed by atoms with Crippen molar-refractivity contribution in [2.24, 2.45) is 17.8 Å². The van der Waals surface area contributed by atoms with Crippen molar-refractivity contribution >= 4 is 0 Å². The highest BCUT2D eigenvalue weighted by molar-refractivity contribution is 5.03. The van der Waals surface area contributed by atoms with Gasteiger partial charge in [-0.15, -0.1) is 0 Å². The molecule has 2 bridgehead atoms. The lowest BCUT2D eigenvalue weighted by molar-refractivity contribution is 0.318. The van der Waals surface area contributed by atoms with E-state index in [1.54, 1.807) is 0 Å². The minimum absolute atomic E-state index is 0.954. The van der Waals surface area contributed by atoms with Gasteiger partial charge in [-0.2, -0.15) is 5.10 Å². The number of fused-ring (bicyclic) bond motifs is 2. The molecule has 1 aromatic heterocycles. The predicted octanol–water partition coefficient (Wildman–Crippen LogP) is 2.43. The van der Waals surface area contributed by atoms with Gasteiger partial charge in [0.15, 0.2) is 0 Å². The van der Waals surface area contributed by atoms with Gasteiger partial charge in [-0.05, 0) is 50.5 Å². The average Bonchev–Trinajstić information content (AvgIpc) is 3.04. The van der Waals surface area contributed by atoms with Crippen molar-refractivity contribution in [2.45, 2.75) is 45.7 Å². The molecule has 0 spiro atoms. The van der Waals surface area contributed by atoms with E-state index in [1.807, 2.05) is 10.9 Å². The van der Waals surface area contributed by atoms with Crippen LogP contribution in [0.3, 0.4) is 0 Å². The zero-order chi connectivity index (χ0) is 11.7. The molecule has 0 aromatic carbocycles. The van der Waals surface area contributed by atoms with E-state index in [4.69, 9.17) is 0 Å². The van der Waals surface area contributed by atoms with Crippen LogP contribution in [0.15, 0.2) is 12.4 Å². The Morgan fingerprint density at radius 1 is 1.41 bits per heavy atom. The van der Waals surface area contributed by atoms with Gasteiger partial charge in [-0.3, -0.25) is 4.68 Å². The minimum Gasteiger partial charge on any atom is -0.312 e. The number of nitrogens with zero attached hydrogens (tertiary/aromatic N) is 2. The third kappa shape index (κ3) is 2.39. The van der Waals surface area contributed by atoms with Crippen molar-refractivity contribution in [3.05, 3.63) is 18.0 Å². The fourth-order valence-electron chi connectivity index (χ4n) is 3.70. The molecule has 2 aliphatic rings. The second-order valence-corrected chi connectivity index (χ2v) is 5.77. The monoisotopic (exact) mass is 233 g/mol. The number of nitrogens with one attached hydrogen (secondary N) is 1. The van der Waals surface area contributed by atoms with Crippen LogP contribution < -0.4 is 5.32 Å². The van der Waals surface area contributed by atoms with E-state index in [0.717, 1.165) is 30.8 Å². The molecule has 94 valence electrons. The van der Waals surface area contributed by atoms with Crippen LogP contribution >= 0.6 is 0 Å². The minimum atomic E-state index is 0.954. The fraction of sp³-hybridized carbons (Fsp3) is 0.786. The van der Waals surface area contributed by atoms with Crippen LogP contribution in [0.25, 0.3) is 0 Å². The Morgan fingerprint density at radius 2 is 2.35 bits per heavy atom. The Bertz CT molecular complexity index is 371. The number of aromatic nitrogens is 2. The van der Waals surface area contributed by atoms with Gasteiger partial charge in [0.1, 0.15) is 0 Å². The summed E-state index contributed by atoms with van der Waals surface area (Å²) in [5, 5.41) is 7.91. The number of rotatable bonds is 5. The molecule has 0 radical (unpaired) electrons. The zero-order valence-electron chi connectivity index (χ0n) is 10.7. The molecule has 3 heteroatoms. The molecule has 3 atom stereocenters. The van der Waals surface area contributed by atoms with Gasteiger partial charge in [0.05, 0.1) is 6.20 Å². The molecule has 1 aromatic rings. The Balaban J connectivity index is 1.43. The smallest absolute Gasteiger partial charge is 0.0534 e. The fourth-order valence-corrected chi connectivity index (χ4v) is 3.70. The van der Waals surface area contributed by atoms with Crippen LogP contribution in [0.5, 0.6) is 0 Å². The van der Waals surface area contributed by atoms with E-state index in [-0.39, 0.29) is 0 Å². The van der Waals surface area contributed by atoms with E-state index in [2.05, 4.69) is 23.5 Å². The van der Waals surface area contributed by atoms with E-state index in [1.165, 1.54) is 37.8 Å². The highest BCUT2D eigenvalue weighted by Crippen LogP contribution is 2.47. The first kappa shape index (κ1) is 11.3. The van der Waals surface area contributed by atoms with Crippen molar-refractivity contribution in [1.29, 1.82) is 0 Å². The van der Waals surface area contributed by atoms with Crippen LogP contribution in [0, 0.1) is 17.8 Å². The van der Waals surface area contributed by atoms with Gasteiger partial charge in [0.25, 0.3) is 0 Å². The maximum Gasteiger partial charge on any atom is 0.0534 e. The van der Waals surface area contributed by atoms with Crippen molar-refractivity contribution in [3.63, 3.8) is 0 Å². The van der Waals surface area contributed by atoms with Gasteiger partial charge in [0, 0.05) is 24.8 Å². The van der Waals surface area contributed by atoms with Crippen molar-refractivity contribution in [3.8, 4) is 0 Å². The molecule has 3 nitrogen and oxygen atoms in total. The summed E-state index contributed by atoms with van der Waals surface area (Å²) in [7, 11) is 0. The molecule has 17 heavy (non-hydrogen) atoms. The third-order valence-corrected chi connectivity index (χ3v) is 4.63. The average molecular weight is 233 g/mol. The third-order valence-electron chi connectivity index (χ3n) is 4.63. The van der Waals surface area contributed by atoms with E-state index >= 15 is 0 Å². The lowest BCUT2D eigenvalue weighted by atomic mass is 9.89. The van der Waals surface area contributed by atoms with E-state index in [0.29, 0.717) is 0 Å². The summed E-state index contributed by atoms with van der Waals surface area (Å²) in [4.78, 5) is 0. The maximum atomic E-state index is 4.30.